The van der Waals surface area contributed by atoms with E-state index in [2.05, 4.69) is 16.0 Å². The van der Waals surface area contributed by atoms with E-state index in [1.807, 2.05) is 0 Å². The van der Waals surface area contributed by atoms with Crippen LogP contribution in [0.1, 0.15) is 15.9 Å². The monoisotopic (exact) mass is 443 g/mol. The number of nitrogens with one attached hydrogen (secondary N) is 3. The molecule has 4 amide bonds. The Bertz CT molecular complexity index is 1010. The minimum Gasteiger partial charge on any atom is -0.508 e. The second kappa shape index (κ2) is 11.1. The first kappa shape index (κ1) is 23.8. The molecular formula is C20H21N5O7. The van der Waals surface area contributed by atoms with E-state index in [1.165, 1.54) is 24.3 Å². The Morgan fingerprint density at radius 1 is 0.938 bits per heavy atom. The Hall–Kier alpha value is -4.48. The van der Waals surface area contributed by atoms with Crippen LogP contribution in [0.25, 0.3) is 0 Å². The van der Waals surface area contributed by atoms with Crippen molar-refractivity contribution < 1.29 is 29.2 Å². The van der Waals surface area contributed by atoms with Gasteiger partial charge in [-0.1, -0.05) is 12.1 Å². The number of phenols is 1. The van der Waals surface area contributed by atoms with Crippen molar-refractivity contribution in [3.63, 3.8) is 0 Å². The Morgan fingerprint density at radius 3 is 2.09 bits per heavy atom. The lowest BCUT2D eigenvalue weighted by molar-refractivity contribution is -0.384. The third-order valence-corrected chi connectivity index (χ3v) is 4.25. The van der Waals surface area contributed by atoms with Gasteiger partial charge in [-0.25, -0.2) is 0 Å². The van der Waals surface area contributed by atoms with E-state index in [4.69, 9.17) is 5.73 Å². The maximum absolute atomic E-state index is 12.0. The van der Waals surface area contributed by atoms with E-state index in [9.17, 15) is 34.4 Å². The fourth-order valence-corrected chi connectivity index (χ4v) is 2.57. The molecule has 12 nitrogen and oxygen atoms in total. The molecule has 0 aromatic heterocycles. The molecule has 2 rings (SSSR count). The van der Waals surface area contributed by atoms with Crippen LogP contribution in [0.15, 0.2) is 48.5 Å². The average Bonchev–Trinajstić information content (AvgIpc) is 2.77. The summed E-state index contributed by atoms with van der Waals surface area (Å²) in [5.74, 6) is -2.67. The highest BCUT2D eigenvalue weighted by Gasteiger charge is 2.19. The van der Waals surface area contributed by atoms with Gasteiger partial charge in [0.2, 0.25) is 17.7 Å². The quantitative estimate of drug-likeness (QED) is 0.238. The van der Waals surface area contributed by atoms with Crippen molar-refractivity contribution in [2.45, 2.75) is 12.5 Å². The van der Waals surface area contributed by atoms with Crippen LogP contribution in [-0.2, 0) is 20.8 Å². The lowest BCUT2D eigenvalue weighted by atomic mass is 10.1. The third kappa shape index (κ3) is 7.40. The van der Waals surface area contributed by atoms with Gasteiger partial charge < -0.3 is 26.8 Å². The number of nitro groups is 1. The lowest BCUT2D eigenvalue weighted by Crippen LogP contribution is -2.49. The number of hydrogen-bond acceptors (Lipinski definition) is 7. The molecule has 0 spiro atoms. The average molecular weight is 443 g/mol. The minimum atomic E-state index is -1.02. The molecule has 168 valence electrons. The molecule has 6 N–H and O–H groups in total. The van der Waals surface area contributed by atoms with Crippen molar-refractivity contribution in [1.82, 2.24) is 16.0 Å². The summed E-state index contributed by atoms with van der Waals surface area (Å²) in [7, 11) is 0. The van der Waals surface area contributed by atoms with Gasteiger partial charge >= 0.3 is 0 Å². The van der Waals surface area contributed by atoms with Gasteiger partial charge in [-0.05, 0) is 29.8 Å². The lowest BCUT2D eigenvalue weighted by Gasteiger charge is -2.16. The van der Waals surface area contributed by atoms with Crippen molar-refractivity contribution in [2.24, 2.45) is 5.73 Å². The van der Waals surface area contributed by atoms with Gasteiger partial charge in [0.25, 0.3) is 11.6 Å². The molecule has 2 aromatic carbocycles. The van der Waals surface area contributed by atoms with Crippen molar-refractivity contribution in [2.75, 3.05) is 13.1 Å². The van der Waals surface area contributed by atoms with Crippen LogP contribution in [0.4, 0.5) is 5.69 Å². The number of phenolic OH excluding ortho intramolecular Hbond substituents is 1. The fraction of sp³-hybridized carbons (Fsp3) is 0.200. The maximum Gasteiger partial charge on any atom is 0.269 e. The molecule has 0 bridgehead atoms. The second-order valence-corrected chi connectivity index (χ2v) is 6.66. The third-order valence-electron chi connectivity index (χ3n) is 4.25. The van der Waals surface area contributed by atoms with Crippen LogP contribution < -0.4 is 21.7 Å². The molecule has 1 atom stereocenters. The minimum absolute atomic E-state index is 0.0526. The van der Waals surface area contributed by atoms with Gasteiger partial charge in [0.05, 0.1) is 18.0 Å². The smallest absolute Gasteiger partial charge is 0.269 e. The van der Waals surface area contributed by atoms with Gasteiger partial charge in [0.1, 0.15) is 11.8 Å². The van der Waals surface area contributed by atoms with E-state index < -0.39 is 47.7 Å². The van der Waals surface area contributed by atoms with Gasteiger partial charge in [0.15, 0.2) is 0 Å². The summed E-state index contributed by atoms with van der Waals surface area (Å²) in [6.07, 6.45) is 0.0978. The SMILES string of the molecule is NC(=O)C(Cc1ccc(O)cc1)NC(=O)CNC(=O)CNC(=O)c1ccc([N+](=O)[O-])cc1. The normalized spacial score (nSPS) is 11.1. The summed E-state index contributed by atoms with van der Waals surface area (Å²) in [6, 6.07) is 9.80. The fourth-order valence-electron chi connectivity index (χ4n) is 2.57. The van der Waals surface area contributed by atoms with E-state index in [0.717, 1.165) is 12.1 Å². The first-order valence-corrected chi connectivity index (χ1v) is 9.31. The molecule has 1 unspecified atom stereocenters. The van der Waals surface area contributed by atoms with Gasteiger partial charge in [-0.15, -0.1) is 0 Å². The molecular weight excluding hydrogens is 422 g/mol. The van der Waals surface area contributed by atoms with Crippen molar-refractivity contribution in [1.29, 1.82) is 0 Å². The van der Waals surface area contributed by atoms with Crippen molar-refractivity contribution in [3.8, 4) is 5.75 Å². The Morgan fingerprint density at radius 2 is 1.53 bits per heavy atom. The van der Waals surface area contributed by atoms with Crippen LogP contribution >= 0.6 is 0 Å². The first-order valence-electron chi connectivity index (χ1n) is 9.31. The predicted molar refractivity (Wildman–Crippen MR) is 111 cm³/mol. The maximum atomic E-state index is 12.0. The number of hydrogen-bond donors (Lipinski definition) is 5. The molecule has 0 heterocycles. The highest BCUT2D eigenvalue weighted by molar-refractivity contribution is 5.97. The van der Waals surface area contributed by atoms with E-state index >= 15 is 0 Å². The number of rotatable bonds is 10. The number of carbonyl (C=O) groups excluding carboxylic acids is 4. The first-order chi connectivity index (χ1) is 15.2. The summed E-state index contributed by atoms with van der Waals surface area (Å²) in [5.41, 5.74) is 5.91. The molecule has 0 saturated heterocycles. The molecule has 32 heavy (non-hydrogen) atoms. The van der Waals surface area contributed by atoms with Crippen LogP contribution in [0, 0.1) is 10.1 Å². The van der Waals surface area contributed by atoms with Gasteiger partial charge in [-0.2, -0.15) is 0 Å². The Labute approximate surface area is 181 Å². The molecule has 0 saturated carbocycles. The summed E-state index contributed by atoms with van der Waals surface area (Å²) >= 11 is 0. The Balaban J connectivity index is 1.77. The van der Waals surface area contributed by atoms with Gasteiger partial charge in [-0.3, -0.25) is 29.3 Å². The van der Waals surface area contributed by atoms with Crippen LogP contribution in [0.5, 0.6) is 5.75 Å². The van der Waals surface area contributed by atoms with E-state index in [0.29, 0.717) is 5.56 Å². The van der Waals surface area contributed by atoms with Gasteiger partial charge in [0, 0.05) is 24.1 Å². The zero-order valence-corrected chi connectivity index (χ0v) is 16.7. The number of benzene rings is 2. The molecule has 0 aliphatic carbocycles. The summed E-state index contributed by atoms with van der Waals surface area (Å²) < 4.78 is 0. The number of nitrogens with two attached hydrogens (primary N) is 1. The molecule has 0 aliphatic heterocycles. The number of aromatic hydroxyl groups is 1. The van der Waals surface area contributed by atoms with Crippen LogP contribution in [0.3, 0.4) is 0 Å². The second-order valence-electron chi connectivity index (χ2n) is 6.66. The molecule has 0 radical (unpaired) electrons. The van der Waals surface area contributed by atoms with Crippen molar-refractivity contribution >= 4 is 29.3 Å². The largest absolute Gasteiger partial charge is 0.508 e. The number of nitrogens with zero attached hydrogens (tertiary/aromatic N) is 1. The van der Waals surface area contributed by atoms with E-state index in [-0.39, 0.29) is 23.4 Å². The molecule has 0 fully saturated rings. The molecule has 0 aliphatic rings. The standard InChI is InChI=1S/C20H21N5O7/c21-19(29)16(9-12-1-7-15(26)8-2-12)24-18(28)11-22-17(27)10-23-20(30)13-3-5-14(6-4-13)25(31)32/h1-8,16,26H,9-11H2,(H2,21,29)(H,22,27)(H,23,30)(H,24,28). The highest BCUT2D eigenvalue weighted by Crippen LogP contribution is 2.12. The number of amides is 4. The highest BCUT2D eigenvalue weighted by atomic mass is 16.6. The predicted octanol–water partition coefficient (Wildman–Crippen LogP) is -0.641. The summed E-state index contributed by atoms with van der Waals surface area (Å²) in [4.78, 5) is 57.5. The number of nitro benzene ring substituents is 1. The number of primary amides is 1. The summed E-state index contributed by atoms with van der Waals surface area (Å²) in [5, 5.41) is 26.9. The molecule has 2 aromatic rings. The zero-order valence-electron chi connectivity index (χ0n) is 16.7. The topological polar surface area (TPSA) is 194 Å². The van der Waals surface area contributed by atoms with Crippen molar-refractivity contribution in [3.05, 3.63) is 69.8 Å². The Kier molecular flexibility index (Phi) is 8.22. The molecule has 12 heteroatoms. The van der Waals surface area contributed by atoms with Crippen LogP contribution in [0.2, 0.25) is 0 Å². The number of carbonyl (C=O) groups is 4. The van der Waals surface area contributed by atoms with Crippen LogP contribution in [-0.4, -0.2) is 52.8 Å². The number of non-ortho nitro benzene ring substituents is 1. The summed E-state index contributed by atoms with van der Waals surface area (Å²) in [6.45, 7) is -0.887. The zero-order chi connectivity index (χ0) is 23.7. The van der Waals surface area contributed by atoms with E-state index in [1.54, 1.807) is 12.1 Å².